The lowest BCUT2D eigenvalue weighted by atomic mass is 10.1. The second-order valence-corrected chi connectivity index (χ2v) is 9.68. The molecule has 4 aromatic carbocycles. The van der Waals surface area contributed by atoms with Gasteiger partial charge in [-0.1, -0.05) is 82.1 Å². The summed E-state index contributed by atoms with van der Waals surface area (Å²) in [5.74, 6) is 0.0798. The van der Waals surface area contributed by atoms with Crippen molar-refractivity contribution in [3.63, 3.8) is 0 Å². The predicted octanol–water partition coefficient (Wildman–Crippen LogP) is 7.30. The van der Waals surface area contributed by atoms with Gasteiger partial charge in [0.2, 0.25) is 0 Å². The Morgan fingerprint density at radius 1 is 0.947 bits per heavy atom. The van der Waals surface area contributed by atoms with Crippen LogP contribution in [0.1, 0.15) is 21.5 Å². The Hall–Kier alpha value is -4.20. The Morgan fingerprint density at radius 3 is 2.42 bits per heavy atom. The predicted molar refractivity (Wildman–Crippen MR) is 154 cm³/mol. The van der Waals surface area contributed by atoms with Crippen LogP contribution < -0.4 is 10.2 Å². The average molecular weight is 586 g/mol. The maximum atomic E-state index is 13.0. The third kappa shape index (κ3) is 6.19. The van der Waals surface area contributed by atoms with Gasteiger partial charge in [-0.05, 0) is 54.1 Å². The first-order valence-electron chi connectivity index (χ1n) is 11.8. The van der Waals surface area contributed by atoms with E-state index in [0.717, 1.165) is 32.5 Å². The average Bonchev–Trinajstić information content (AvgIpc) is 3.38. The summed E-state index contributed by atoms with van der Waals surface area (Å²) < 4.78 is 8.68. The molecule has 1 heterocycles. The molecule has 0 unspecified atom stereocenters. The number of hydrogen-bond acceptors (Lipinski definition) is 4. The third-order valence-electron chi connectivity index (χ3n) is 5.69. The molecular formula is C30H22BrClN4O2. The number of amides is 1. The standard InChI is InChI=1S/C30H22BrClN4O2/c31-24-14-12-22(13-15-24)29-23(19-36(35-29)26-6-2-1-3-7-26)18-33-34-30(37)27-8-4-5-9-28(27)38-20-21-10-16-25(32)17-11-21/h1-19H,20H2,(H,34,37)/b33-18+. The summed E-state index contributed by atoms with van der Waals surface area (Å²) in [6, 6.07) is 32.1. The van der Waals surface area contributed by atoms with Crippen molar-refractivity contribution in [2.45, 2.75) is 6.61 Å². The van der Waals surface area contributed by atoms with Crippen LogP contribution in [-0.4, -0.2) is 21.9 Å². The number of rotatable bonds is 8. The molecule has 6 nitrogen and oxygen atoms in total. The lowest BCUT2D eigenvalue weighted by Gasteiger charge is -2.10. The highest BCUT2D eigenvalue weighted by atomic mass is 79.9. The summed E-state index contributed by atoms with van der Waals surface area (Å²) in [5.41, 5.74) is 7.28. The summed E-state index contributed by atoms with van der Waals surface area (Å²) in [7, 11) is 0. The molecule has 0 radical (unpaired) electrons. The van der Waals surface area contributed by atoms with E-state index in [4.69, 9.17) is 21.4 Å². The summed E-state index contributed by atoms with van der Waals surface area (Å²) in [6.07, 6.45) is 3.48. The first-order valence-corrected chi connectivity index (χ1v) is 12.9. The van der Waals surface area contributed by atoms with Crippen molar-refractivity contribution in [1.82, 2.24) is 15.2 Å². The molecule has 0 fully saturated rings. The first kappa shape index (κ1) is 25.4. The highest BCUT2D eigenvalue weighted by molar-refractivity contribution is 9.10. The van der Waals surface area contributed by atoms with Gasteiger partial charge < -0.3 is 4.74 Å². The summed E-state index contributed by atoms with van der Waals surface area (Å²) in [4.78, 5) is 13.0. The maximum Gasteiger partial charge on any atom is 0.275 e. The van der Waals surface area contributed by atoms with Crippen LogP contribution >= 0.6 is 27.5 Å². The molecule has 0 saturated carbocycles. The fraction of sp³-hybridized carbons (Fsp3) is 0.0333. The van der Waals surface area contributed by atoms with E-state index >= 15 is 0 Å². The van der Waals surface area contributed by atoms with Gasteiger partial charge in [0.25, 0.3) is 5.91 Å². The van der Waals surface area contributed by atoms with E-state index in [0.29, 0.717) is 22.9 Å². The van der Waals surface area contributed by atoms with Crippen LogP contribution in [0.25, 0.3) is 16.9 Å². The fourth-order valence-electron chi connectivity index (χ4n) is 3.77. The zero-order valence-corrected chi connectivity index (χ0v) is 22.4. The van der Waals surface area contributed by atoms with Gasteiger partial charge in [-0.2, -0.15) is 10.2 Å². The van der Waals surface area contributed by atoms with E-state index in [1.165, 1.54) is 0 Å². The number of carbonyl (C=O) groups excluding carboxylic acids is 1. The smallest absolute Gasteiger partial charge is 0.275 e. The van der Waals surface area contributed by atoms with Gasteiger partial charge in [-0.15, -0.1) is 0 Å². The summed E-state index contributed by atoms with van der Waals surface area (Å²) in [5, 5.41) is 9.67. The molecule has 1 N–H and O–H groups in total. The Morgan fingerprint density at radius 2 is 1.66 bits per heavy atom. The van der Waals surface area contributed by atoms with Crippen LogP contribution in [0.4, 0.5) is 0 Å². The van der Waals surface area contributed by atoms with Crippen LogP contribution in [0, 0.1) is 0 Å². The number of carbonyl (C=O) groups is 1. The van der Waals surface area contributed by atoms with Crippen molar-refractivity contribution < 1.29 is 9.53 Å². The number of benzene rings is 4. The number of hydrogen-bond donors (Lipinski definition) is 1. The lowest BCUT2D eigenvalue weighted by Crippen LogP contribution is -2.18. The molecule has 0 bridgehead atoms. The van der Waals surface area contributed by atoms with Crippen LogP contribution in [0.15, 0.2) is 119 Å². The number of hydrazone groups is 1. The van der Waals surface area contributed by atoms with Crippen LogP contribution in [0.3, 0.4) is 0 Å². The van der Waals surface area contributed by atoms with Crippen molar-refractivity contribution >= 4 is 39.7 Å². The van der Waals surface area contributed by atoms with Crippen molar-refractivity contribution in [3.8, 4) is 22.7 Å². The van der Waals surface area contributed by atoms with Crippen molar-refractivity contribution in [2.24, 2.45) is 5.10 Å². The van der Waals surface area contributed by atoms with Gasteiger partial charge in [0.15, 0.2) is 0 Å². The number of halogens is 2. The Labute approximate surface area is 233 Å². The second-order valence-electron chi connectivity index (χ2n) is 8.33. The van der Waals surface area contributed by atoms with E-state index in [2.05, 4.69) is 26.5 Å². The van der Waals surface area contributed by atoms with Gasteiger partial charge >= 0.3 is 0 Å². The lowest BCUT2D eigenvalue weighted by molar-refractivity contribution is 0.0950. The molecular weight excluding hydrogens is 564 g/mol. The first-order chi connectivity index (χ1) is 18.6. The van der Waals surface area contributed by atoms with Gasteiger partial charge in [0.05, 0.1) is 17.5 Å². The minimum Gasteiger partial charge on any atom is -0.488 e. The minimum absolute atomic E-state index is 0.306. The molecule has 5 aromatic rings. The maximum absolute atomic E-state index is 13.0. The highest BCUT2D eigenvalue weighted by Gasteiger charge is 2.14. The quantitative estimate of drug-likeness (QED) is 0.153. The van der Waals surface area contributed by atoms with E-state index in [1.54, 1.807) is 41.2 Å². The summed E-state index contributed by atoms with van der Waals surface area (Å²) in [6.45, 7) is 0.306. The van der Waals surface area contributed by atoms with E-state index < -0.39 is 0 Å². The Bertz CT molecular complexity index is 1570. The molecule has 1 amide bonds. The Balaban J connectivity index is 1.35. The van der Waals surface area contributed by atoms with Crippen molar-refractivity contribution in [3.05, 3.63) is 136 Å². The number of nitrogens with zero attached hydrogens (tertiary/aromatic N) is 3. The van der Waals surface area contributed by atoms with Crippen molar-refractivity contribution in [2.75, 3.05) is 0 Å². The van der Waals surface area contributed by atoms with Gasteiger partial charge in [0, 0.05) is 26.8 Å². The SMILES string of the molecule is O=C(N/N=C/c1cn(-c2ccccc2)nc1-c1ccc(Br)cc1)c1ccccc1OCc1ccc(Cl)cc1. The van der Waals surface area contributed by atoms with Crippen LogP contribution in [0.2, 0.25) is 5.02 Å². The molecule has 0 aliphatic rings. The second kappa shape index (κ2) is 11.9. The zero-order valence-electron chi connectivity index (χ0n) is 20.1. The highest BCUT2D eigenvalue weighted by Crippen LogP contribution is 2.25. The summed E-state index contributed by atoms with van der Waals surface area (Å²) >= 11 is 9.43. The van der Waals surface area contributed by atoms with Gasteiger partial charge in [-0.3, -0.25) is 4.79 Å². The molecule has 0 atom stereocenters. The molecule has 5 rings (SSSR count). The normalized spacial score (nSPS) is 11.0. The monoisotopic (exact) mass is 584 g/mol. The van der Waals surface area contributed by atoms with Gasteiger partial charge in [0.1, 0.15) is 18.1 Å². The minimum atomic E-state index is -0.381. The molecule has 0 saturated heterocycles. The van der Waals surface area contributed by atoms with Gasteiger partial charge in [-0.25, -0.2) is 10.1 Å². The number of aromatic nitrogens is 2. The molecule has 0 aliphatic carbocycles. The Kier molecular flexibility index (Phi) is 7.97. The van der Waals surface area contributed by atoms with E-state index in [9.17, 15) is 4.79 Å². The number of para-hydroxylation sites is 2. The van der Waals surface area contributed by atoms with Crippen LogP contribution in [-0.2, 0) is 6.61 Å². The van der Waals surface area contributed by atoms with E-state index in [-0.39, 0.29) is 5.91 Å². The molecule has 0 aliphatic heterocycles. The molecule has 0 spiro atoms. The third-order valence-corrected chi connectivity index (χ3v) is 6.47. The fourth-order valence-corrected chi connectivity index (χ4v) is 4.16. The largest absolute Gasteiger partial charge is 0.488 e. The van der Waals surface area contributed by atoms with Crippen molar-refractivity contribution in [1.29, 1.82) is 0 Å². The van der Waals surface area contributed by atoms with Crippen LogP contribution in [0.5, 0.6) is 5.75 Å². The molecule has 38 heavy (non-hydrogen) atoms. The van der Waals surface area contributed by atoms with E-state index in [1.807, 2.05) is 79.0 Å². The number of ether oxygens (including phenoxy) is 1. The number of nitrogens with one attached hydrogen (secondary N) is 1. The zero-order chi connectivity index (χ0) is 26.3. The molecule has 1 aromatic heterocycles. The molecule has 8 heteroatoms. The topological polar surface area (TPSA) is 68.5 Å². The molecule has 188 valence electrons.